The molecule has 0 spiro atoms. The van der Waals surface area contributed by atoms with E-state index in [1.54, 1.807) is 6.20 Å². The number of nitrogens with zero attached hydrogens (tertiary/aromatic N) is 2. The second-order valence-corrected chi connectivity index (χ2v) is 3.81. The van der Waals surface area contributed by atoms with Gasteiger partial charge in [0.2, 0.25) is 5.95 Å². The number of anilines is 2. The minimum absolute atomic E-state index is 0.511. The highest BCUT2D eigenvalue weighted by Gasteiger charge is 1.98. The zero-order chi connectivity index (χ0) is 12.8. The summed E-state index contributed by atoms with van der Waals surface area (Å²) in [7, 11) is 0. The number of rotatable bonds is 5. The molecule has 0 aliphatic carbocycles. The van der Waals surface area contributed by atoms with Crippen molar-refractivity contribution >= 4 is 11.6 Å². The van der Waals surface area contributed by atoms with E-state index in [1.807, 2.05) is 37.3 Å². The number of nitrogens with two attached hydrogens (primary N) is 1. The normalized spacial score (nSPS) is 10.1. The fourth-order valence-corrected chi connectivity index (χ4v) is 1.45. The van der Waals surface area contributed by atoms with E-state index in [9.17, 15) is 0 Å². The van der Waals surface area contributed by atoms with Crippen molar-refractivity contribution < 1.29 is 4.74 Å². The van der Waals surface area contributed by atoms with Crippen molar-refractivity contribution in [3.63, 3.8) is 0 Å². The van der Waals surface area contributed by atoms with E-state index in [0.29, 0.717) is 19.1 Å². The summed E-state index contributed by atoms with van der Waals surface area (Å²) in [5.41, 5.74) is 7.21. The predicted octanol–water partition coefficient (Wildman–Crippen LogP) is 1.87. The van der Waals surface area contributed by atoms with Gasteiger partial charge in [0, 0.05) is 24.1 Å². The Morgan fingerprint density at radius 3 is 2.67 bits per heavy atom. The van der Waals surface area contributed by atoms with E-state index in [-0.39, 0.29) is 0 Å². The Labute approximate surface area is 106 Å². The first kappa shape index (κ1) is 12.3. The first-order chi connectivity index (χ1) is 8.78. The Kier molecular flexibility index (Phi) is 4.09. The van der Waals surface area contributed by atoms with Gasteiger partial charge in [-0.1, -0.05) is 0 Å². The van der Waals surface area contributed by atoms with E-state index in [0.717, 1.165) is 17.1 Å². The lowest BCUT2D eigenvalue weighted by Crippen LogP contribution is -2.10. The minimum atomic E-state index is 0.511. The molecule has 0 saturated heterocycles. The topological polar surface area (TPSA) is 73.1 Å². The SMILES string of the molecule is Cc1ccnc(Nc2ccc(OCCN)cc2)n1. The number of nitrogens with one attached hydrogen (secondary N) is 1. The van der Waals surface area contributed by atoms with Gasteiger partial charge in [0.05, 0.1) is 0 Å². The standard InChI is InChI=1S/C13H16N4O/c1-10-6-8-15-13(16-10)17-11-2-4-12(5-3-11)18-9-7-14/h2-6,8H,7,9,14H2,1H3,(H,15,16,17). The lowest BCUT2D eigenvalue weighted by molar-refractivity contribution is 0.328. The highest BCUT2D eigenvalue weighted by atomic mass is 16.5. The molecule has 2 aromatic rings. The molecule has 0 aliphatic heterocycles. The van der Waals surface area contributed by atoms with E-state index < -0.39 is 0 Å². The minimum Gasteiger partial charge on any atom is -0.492 e. The lowest BCUT2D eigenvalue weighted by Gasteiger charge is -2.07. The molecule has 0 radical (unpaired) electrons. The Hall–Kier alpha value is -2.14. The average Bonchev–Trinajstić information content (AvgIpc) is 2.38. The maximum Gasteiger partial charge on any atom is 0.227 e. The molecule has 18 heavy (non-hydrogen) atoms. The van der Waals surface area contributed by atoms with Gasteiger partial charge in [-0.3, -0.25) is 0 Å². The third-order valence-corrected chi connectivity index (χ3v) is 2.29. The smallest absolute Gasteiger partial charge is 0.227 e. The summed E-state index contributed by atoms with van der Waals surface area (Å²) in [6, 6.07) is 9.45. The number of ether oxygens (including phenoxy) is 1. The van der Waals surface area contributed by atoms with Crippen molar-refractivity contribution in [1.29, 1.82) is 0 Å². The number of benzene rings is 1. The number of hydrogen-bond donors (Lipinski definition) is 2. The van der Waals surface area contributed by atoms with Gasteiger partial charge in [-0.05, 0) is 37.3 Å². The van der Waals surface area contributed by atoms with Crippen molar-refractivity contribution in [3.8, 4) is 5.75 Å². The first-order valence-electron chi connectivity index (χ1n) is 5.77. The van der Waals surface area contributed by atoms with Gasteiger partial charge in [-0.15, -0.1) is 0 Å². The van der Waals surface area contributed by atoms with Crippen LogP contribution in [0.3, 0.4) is 0 Å². The Balaban J connectivity index is 2.02. The van der Waals surface area contributed by atoms with Crippen LogP contribution < -0.4 is 15.8 Å². The van der Waals surface area contributed by atoms with E-state index >= 15 is 0 Å². The van der Waals surface area contributed by atoms with Crippen LogP contribution in [0.1, 0.15) is 5.69 Å². The van der Waals surface area contributed by atoms with Gasteiger partial charge in [-0.2, -0.15) is 0 Å². The van der Waals surface area contributed by atoms with Crippen molar-refractivity contribution in [1.82, 2.24) is 9.97 Å². The molecule has 0 fully saturated rings. The molecule has 3 N–H and O–H groups in total. The van der Waals surface area contributed by atoms with Crippen molar-refractivity contribution in [2.45, 2.75) is 6.92 Å². The van der Waals surface area contributed by atoms with Crippen molar-refractivity contribution in [2.75, 3.05) is 18.5 Å². The highest BCUT2D eigenvalue weighted by molar-refractivity contribution is 5.54. The van der Waals surface area contributed by atoms with Gasteiger partial charge < -0.3 is 15.8 Å². The van der Waals surface area contributed by atoms with Gasteiger partial charge in [0.15, 0.2) is 0 Å². The number of hydrogen-bond acceptors (Lipinski definition) is 5. The highest BCUT2D eigenvalue weighted by Crippen LogP contribution is 2.17. The van der Waals surface area contributed by atoms with Crippen LogP contribution in [0.2, 0.25) is 0 Å². The van der Waals surface area contributed by atoms with Crippen LogP contribution in [0.15, 0.2) is 36.5 Å². The van der Waals surface area contributed by atoms with Crippen LogP contribution in [0, 0.1) is 6.92 Å². The number of aromatic nitrogens is 2. The molecule has 1 aromatic carbocycles. The van der Waals surface area contributed by atoms with Gasteiger partial charge in [0.1, 0.15) is 12.4 Å². The van der Waals surface area contributed by atoms with Gasteiger partial charge in [-0.25, -0.2) is 9.97 Å². The molecule has 1 aromatic heterocycles. The second kappa shape index (κ2) is 5.97. The molecule has 0 amide bonds. The summed E-state index contributed by atoms with van der Waals surface area (Å²) in [6.07, 6.45) is 1.73. The maximum absolute atomic E-state index is 5.40. The summed E-state index contributed by atoms with van der Waals surface area (Å²) < 4.78 is 5.40. The molecular weight excluding hydrogens is 228 g/mol. The summed E-state index contributed by atoms with van der Waals surface area (Å²) in [6.45, 7) is 2.96. The maximum atomic E-state index is 5.40. The van der Waals surface area contributed by atoms with Crippen LogP contribution in [-0.2, 0) is 0 Å². The largest absolute Gasteiger partial charge is 0.492 e. The summed E-state index contributed by atoms with van der Waals surface area (Å²) in [5, 5.41) is 3.13. The summed E-state index contributed by atoms with van der Waals surface area (Å²) in [4.78, 5) is 8.41. The van der Waals surface area contributed by atoms with Crippen LogP contribution in [0.4, 0.5) is 11.6 Å². The predicted molar refractivity (Wildman–Crippen MR) is 71.0 cm³/mol. The third kappa shape index (κ3) is 3.43. The van der Waals surface area contributed by atoms with E-state index in [4.69, 9.17) is 10.5 Å². The van der Waals surface area contributed by atoms with Crippen LogP contribution in [0.25, 0.3) is 0 Å². The fourth-order valence-electron chi connectivity index (χ4n) is 1.45. The first-order valence-corrected chi connectivity index (χ1v) is 5.77. The third-order valence-electron chi connectivity index (χ3n) is 2.29. The molecule has 5 nitrogen and oxygen atoms in total. The van der Waals surface area contributed by atoms with Crippen molar-refractivity contribution in [3.05, 3.63) is 42.2 Å². The van der Waals surface area contributed by atoms with Crippen molar-refractivity contribution in [2.24, 2.45) is 5.73 Å². The monoisotopic (exact) mass is 244 g/mol. The lowest BCUT2D eigenvalue weighted by atomic mass is 10.3. The Morgan fingerprint density at radius 1 is 1.22 bits per heavy atom. The quantitative estimate of drug-likeness (QED) is 0.840. The molecule has 5 heteroatoms. The Morgan fingerprint density at radius 2 is 2.00 bits per heavy atom. The molecule has 0 bridgehead atoms. The summed E-state index contributed by atoms with van der Waals surface area (Å²) in [5.74, 6) is 1.39. The zero-order valence-corrected chi connectivity index (χ0v) is 10.3. The van der Waals surface area contributed by atoms with E-state index in [2.05, 4.69) is 15.3 Å². The Bertz CT molecular complexity index is 499. The van der Waals surface area contributed by atoms with Gasteiger partial charge >= 0.3 is 0 Å². The fraction of sp³-hybridized carbons (Fsp3) is 0.231. The average molecular weight is 244 g/mol. The second-order valence-electron chi connectivity index (χ2n) is 3.81. The molecule has 1 heterocycles. The van der Waals surface area contributed by atoms with E-state index in [1.165, 1.54) is 0 Å². The number of aryl methyl sites for hydroxylation is 1. The molecule has 0 unspecified atom stereocenters. The molecular formula is C13H16N4O. The molecule has 0 aliphatic rings. The van der Waals surface area contributed by atoms with Crippen LogP contribution in [0.5, 0.6) is 5.75 Å². The summed E-state index contributed by atoms with van der Waals surface area (Å²) >= 11 is 0. The molecule has 2 rings (SSSR count). The molecule has 0 atom stereocenters. The van der Waals surface area contributed by atoms with Crippen LogP contribution in [-0.4, -0.2) is 23.1 Å². The zero-order valence-electron chi connectivity index (χ0n) is 10.3. The molecule has 0 saturated carbocycles. The van der Waals surface area contributed by atoms with Gasteiger partial charge in [0.25, 0.3) is 0 Å². The molecule has 94 valence electrons. The van der Waals surface area contributed by atoms with Crippen LogP contribution >= 0.6 is 0 Å².